The lowest BCUT2D eigenvalue weighted by molar-refractivity contribution is -0.128. The Labute approximate surface area is 209 Å². The van der Waals surface area contributed by atoms with Crippen LogP contribution in [-0.4, -0.2) is 24.1 Å². The Kier molecular flexibility index (Phi) is 7.29. The molecule has 0 spiro atoms. The van der Waals surface area contributed by atoms with Gasteiger partial charge in [-0.1, -0.05) is 41.9 Å². The zero-order valence-corrected chi connectivity index (χ0v) is 21.1. The number of carbonyl (C=O) groups excluding carboxylic acids is 2. The fourth-order valence-corrected chi connectivity index (χ4v) is 5.64. The fraction of sp³-hybridized carbons (Fsp3) is 0.333. The van der Waals surface area contributed by atoms with Crippen molar-refractivity contribution >= 4 is 39.8 Å². The van der Waals surface area contributed by atoms with Gasteiger partial charge in [-0.2, -0.15) is 0 Å². The number of benzene rings is 2. The van der Waals surface area contributed by atoms with Crippen molar-refractivity contribution in [3.8, 4) is 5.75 Å². The zero-order valence-electron chi connectivity index (χ0n) is 19.5. The van der Waals surface area contributed by atoms with E-state index >= 15 is 0 Å². The number of anilines is 1. The number of halogens is 1. The molecule has 0 saturated heterocycles. The Bertz CT molecular complexity index is 1170. The minimum absolute atomic E-state index is 0.272. The molecular formula is C27H28ClNO4S. The lowest BCUT2D eigenvalue weighted by Gasteiger charge is -2.25. The number of esters is 1. The van der Waals surface area contributed by atoms with Crippen LogP contribution in [0.5, 0.6) is 5.75 Å². The minimum Gasteiger partial charge on any atom is -0.478 e. The van der Waals surface area contributed by atoms with Crippen molar-refractivity contribution in [1.29, 1.82) is 0 Å². The highest BCUT2D eigenvalue weighted by molar-refractivity contribution is 7.17. The molecule has 1 amide bonds. The minimum atomic E-state index is -1.17. The molecule has 1 atom stereocenters. The first-order valence-corrected chi connectivity index (χ1v) is 12.6. The lowest BCUT2D eigenvalue weighted by atomic mass is 9.83. The Morgan fingerprint density at radius 3 is 2.50 bits per heavy atom. The van der Waals surface area contributed by atoms with Gasteiger partial charge in [-0.25, -0.2) is 4.79 Å². The van der Waals surface area contributed by atoms with Crippen LogP contribution in [0.4, 0.5) is 5.00 Å². The van der Waals surface area contributed by atoms with E-state index in [0.29, 0.717) is 27.3 Å². The first-order valence-electron chi connectivity index (χ1n) is 11.4. The summed E-state index contributed by atoms with van der Waals surface area (Å²) in [7, 11) is 0. The number of hydrogen-bond acceptors (Lipinski definition) is 5. The largest absolute Gasteiger partial charge is 0.478 e. The maximum absolute atomic E-state index is 13.2. The highest BCUT2D eigenvalue weighted by atomic mass is 35.5. The van der Waals surface area contributed by atoms with E-state index in [-0.39, 0.29) is 12.5 Å². The predicted octanol–water partition coefficient (Wildman–Crippen LogP) is 6.65. The highest BCUT2D eigenvalue weighted by Crippen LogP contribution is 2.43. The van der Waals surface area contributed by atoms with E-state index in [0.717, 1.165) is 29.7 Å². The van der Waals surface area contributed by atoms with E-state index in [1.165, 1.54) is 16.9 Å². The summed E-state index contributed by atoms with van der Waals surface area (Å²) in [4.78, 5) is 27.2. The molecular weight excluding hydrogens is 470 g/mol. The number of fused-ring (bicyclic) bond motifs is 1. The Morgan fingerprint density at radius 1 is 1.12 bits per heavy atom. The number of amides is 1. The van der Waals surface area contributed by atoms with Crippen molar-refractivity contribution < 1.29 is 19.1 Å². The molecule has 1 aromatic heterocycles. The van der Waals surface area contributed by atoms with Gasteiger partial charge in [0.05, 0.1) is 12.2 Å². The van der Waals surface area contributed by atoms with Gasteiger partial charge in [0.2, 0.25) is 0 Å². The first-order chi connectivity index (χ1) is 16.3. The van der Waals surface area contributed by atoms with Gasteiger partial charge in [-0.05, 0) is 81.3 Å². The smallest absolute Gasteiger partial charge is 0.341 e. The van der Waals surface area contributed by atoms with Crippen molar-refractivity contribution in [2.45, 2.75) is 51.6 Å². The van der Waals surface area contributed by atoms with Crippen molar-refractivity contribution in [2.75, 3.05) is 11.9 Å². The number of rotatable bonds is 7. The van der Waals surface area contributed by atoms with Crippen molar-refractivity contribution in [2.24, 2.45) is 0 Å². The summed E-state index contributed by atoms with van der Waals surface area (Å²) >= 11 is 7.41. The summed E-state index contributed by atoms with van der Waals surface area (Å²) in [6.45, 7) is 5.44. The summed E-state index contributed by atoms with van der Waals surface area (Å²) in [5.74, 6) is 0.179. The zero-order chi connectivity index (χ0) is 24.3. The molecule has 3 aromatic rings. The maximum Gasteiger partial charge on any atom is 0.341 e. The number of thiophene rings is 1. The van der Waals surface area contributed by atoms with Crippen LogP contribution < -0.4 is 10.1 Å². The third-order valence-electron chi connectivity index (χ3n) is 5.98. The molecule has 7 heteroatoms. The summed E-state index contributed by atoms with van der Waals surface area (Å²) in [6, 6.07) is 17.3. The van der Waals surface area contributed by atoms with Crippen molar-refractivity contribution in [3.63, 3.8) is 0 Å². The molecule has 178 valence electrons. The quantitative estimate of drug-likeness (QED) is 0.371. The van der Waals surface area contributed by atoms with Crippen LogP contribution >= 0.6 is 22.9 Å². The van der Waals surface area contributed by atoms with Crippen LogP contribution in [-0.2, 0) is 22.4 Å². The predicted molar refractivity (Wildman–Crippen MR) is 136 cm³/mol. The molecule has 1 aliphatic rings. The Morgan fingerprint density at radius 2 is 1.82 bits per heavy atom. The van der Waals surface area contributed by atoms with Gasteiger partial charge in [0.25, 0.3) is 5.91 Å². The average Bonchev–Trinajstić information content (AvgIpc) is 3.18. The molecule has 0 bridgehead atoms. The molecule has 2 aromatic carbocycles. The number of carbonyl (C=O) groups is 2. The van der Waals surface area contributed by atoms with Gasteiger partial charge in [0.15, 0.2) is 5.60 Å². The highest BCUT2D eigenvalue weighted by Gasteiger charge is 2.35. The van der Waals surface area contributed by atoms with E-state index in [2.05, 4.69) is 29.6 Å². The molecule has 0 aliphatic heterocycles. The molecule has 0 radical (unpaired) electrons. The van der Waals surface area contributed by atoms with Gasteiger partial charge >= 0.3 is 5.97 Å². The molecule has 1 N–H and O–H groups in total. The third kappa shape index (κ3) is 5.29. The first kappa shape index (κ1) is 24.3. The van der Waals surface area contributed by atoms with E-state index < -0.39 is 11.6 Å². The molecule has 4 rings (SSSR count). The monoisotopic (exact) mass is 497 g/mol. The summed E-state index contributed by atoms with van der Waals surface area (Å²) in [5, 5.41) is 4.07. The molecule has 34 heavy (non-hydrogen) atoms. The maximum atomic E-state index is 13.2. The fourth-order valence-electron chi connectivity index (χ4n) is 4.20. The second-order valence-corrected chi connectivity index (χ2v) is 10.3. The summed E-state index contributed by atoms with van der Waals surface area (Å²) < 4.78 is 11.3. The Balaban J connectivity index is 1.59. The van der Waals surface area contributed by atoms with Crippen LogP contribution in [0.1, 0.15) is 59.5 Å². The number of ether oxygens (including phenoxy) is 2. The van der Waals surface area contributed by atoms with Crippen molar-refractivity contribution in [1.82, 2.24) is 0 Å². The molecule has 1 aliphatic carbocycles. The van der Waals surface area contributed by atoms with E-state index in [1.807, 2.05) is 6.07 Å². The van der Waals surface area contributed by atoms with Gasteiger partial charge in [-0.15, -0.1) is 11.3 Å². The topological polar surface area (TPSA) is 64.6 Å². The van der Waals surface area contributed by atoms with E-state index in [1.54, 1.807) is 45.0 Å². The second-order valence-electron chi connectivity index (χ2n) is 8.80. The molecule has 0 fully saturated rings. The average molecular weight is 498 g/mol. The van der Waals surface area contributed by atoms with Crippen LogP contribution in [0.3, 0.4) is 0 Å². The molecule has 0 saturated carbocycles. The van der Waals surface area contributed by atoms with E-state index in [9.17, 15) is 9.59 Å². The van der Waals surface area contributed by atoms with Crippen LogP contribution in [0.15, 0.2) is 54.6 Å². The van der Waals surface area contributed by atoms with E-state index in [4.69, 9.17) is 21.1 Å². The summed E-state index contributed by atoms with van der Waals surface area (Å²) in [5.41, 5.74) is 1.59. The Hall–Kier alpha value is -2.83. The van der Waals surface area contributed by atoms with Gasteiger partial charge in [-0.3, -0.25) is 4.79 Å². The summed E-state index contributed by atoms with van der Waals surface area (Å²) in [6.07, 6.45) is 2.54. The van der Waals surface area contributed by atoms with Gasteiger partial charge in [0.1, 0.15) is 10.8 Å². The normalized spacial score (nSPS) is 15.4. The number of hydrogen-bond donors (Lipinski definition) is 1. The molecule has 1 heterocycles. The lowest BCUT2D eigenvalue weighted by Crippen LogP contribution is -2.42. The van der Waals surface area contributed by atoms with Gasteiger partial charge in [0, 0.05) is 9.90 Å². The van der Waals surface area contributed by atoms with Crippen LogP contribution in [0.25, 0.3) is 0 Å². The van der Waals surface area contributed by atoms with Crippen molar-refractivity contribution in [3.05, 3.63) is 81.2 Å². The molecule has 1 unspecified atom stereocenters. The SMILES string of the molecule is CCOC(=O)c1c(NC(=O)C(C)(C)Oc2ccc(Cl)cc2)sc2c1CCC(c1ccccc1)C2. The van der Waals surface area contributed by atoms with Crippen LogP contribution in [0.2, 0.25) is 5.02 Å². The molecule has 5 nitrogen and oxygen atoms in total. The standard InChI is InChI=1S/C27H28ClNO4S/c1-4-32-25(30)23-21-15-10-18(17-8-6-5-7-9-17)16-22(21)34-24(23)29-26(31)27(2,3)33-20-13-11-19(28)12-14-20/h5-9,11-14,18H,4,10,15-16H2,1-3H3,(H,29,31). The number of nitrogens with one attached hydrogen (secondary N) is 1. The third-order valence-corrected chi connectivity index (χ3v) is 7.40. The van der Waals surface area contributed by atoms with Gasteiger partial charge < -0.3 is 14.8 Å². The second kappa shape index (κ2) is 10.2. The van der Waals surface area contributed by atoms with Crippen LogP contribution in [0, 0.1) is 0 Å².